The number of benzene rings is 2. The zero-order chi connectivity index (χ0) is 20.5. The number of hydrogen-bond donors (Lipinski definition) is 0. The zero-order valence-corrected chi connectivity index (χ0v) is 16.3. The van der Waals surface area contributed by atoms with Crippen LogP contribution in [0.4, 0.5) is 17.1 Å². The normalized spacial score (nSPS) is 21.2. The van der Waals surface area contributed by atoms with Crippen molar-refractivity contribution in [3.05, 3.63) is 64.2 Å². The molecule has 7 nitrogen and oxygen atoms in total. The summed E-state index contributed by atoms with van der Waals surface area (Å²) >= 11 is 0. The Bertz CT molecular complexity index is 936. The van der Waals surface area contributed by atoms with Crippen LogP contribution in [0.1, 0.15) is 31.2 Å². The summed E-state index contributed by atoms with van der Waals surface area (Å²) in [7, 11) is 1.79. The average Bonchev–Trinajstić information content (AvgIpc) is 2.99. The van der Waals surface area contributed by atoms with Gasteiger partial charge in [0.05, 0.1) is 22.4 Å². The second kappa shape index (κ2) is 7.66. The van der Waals surface area contributed by atoms with Crippen LogP contribution < -0.4 is 9.80 Å². The van der Waals surface area contributed by atoms with Gasteiger partial charge in [-0.2, -0.15) is 0 Å². The number of hydrogen-bond acceptors (Lipinski definition) is 5. The number of imide groups is 1. The third-order valence-electron chi connectivity index (χ3n) is 5.93. The molecule has 150 valence electrons. The summed E-state index contributed by atoms with van der Waals surface area (Å²) in [5, 5.41) is 11.8. The Labute approximate surface area is 169 Å². The molecule has 0 bridgehead atoms. The molecule has 2 fully saturated rings. The van der Waals surface area contributed by atoms with Crippen molar-refractivity contribution >= 4 is 28.9 Å². The van der Waals surface area contributed by atoms with Gasteiger partial charge in [-0.25, -0.2) is 4.90 Å². The Kier molecular flexibility index (Phi) is 5.05. The summed E-state index contributed by atoms with van der Waals surface area (Å²) in [6.45, 7) is 0.507. The zero-order valence-electron chi connectivity index (χ0n) is 16.3. The van der Waals surface area contributed by atoms with Crippen LogP contribution in [0.2, 0.25) is 0 Å². The predicted octanol–water partition coefficient (Wildman–Crippen LogP) is 3.91. The summed E-state index contributed by atoms with van der Waals surface area (Å²) in [4.78, 5) is 39.9. The van der Waals surface area contributed by atoms with E-state index >= 15 is 0 Å². The largest absolute Gasteiger partial charge is 0.365 e. The smallest absolute Gasteiger partial charge is 0.294 e. The number of carbonyl (C=O) groups is 2. The molecule has 2 aromatic rings. The van der Waals surface area contributed by atoms with Crippen LogP contribution in [0.15, 0.2) is 48.5 Å². The highest BCUT2D eigenvalue weighted by molar-refractivity contribution is 6.22. The quantitative estimate of drug-likeness (QED) is 0.437. The Morgan fingerprint density at radius 2 is 1.66 bits per heavy atom. The third-order valence-corrected chi connectivity index (χ3v) is 5.93. The Hall–Kier alpha value is -3.22. The first kappa shape index (κ1) is 19.1. The summed E-state index contributed by atoms with van der Waals surface area (Å²) in [6, 6.07) is 14.3. The van der Waals surface area contributed by atoms with Gasteiger partial charge in [-0.15, -0.1) is 0 Å². The fourth-order valence-electron chi connectivity index (χ4n) is 4.48. The van der Waals surface area contributed by atoms with E-state index in [1.165, 1.54) is 6.07 Å². The van der Waals surface area contributed by atoms with Gasteiger partial charge in [-0.05, 0) is 30.5 Å². The third kappa shape index (κ3) is 3.48. The molecule has 0 aromatic heterocycles. The van der Waals surface area contributed by atoms with Crippen LogP contribution in [0.5, 0.6) is 0 Å². The lowest BCUT2D eigenvalue weighted by Crippen LogP contribution is -2.31. The van der Waals surface area contributed by atoms with Crippen molar-refractivity contribution in [2.75, 3.05) is 16.8 Å². The van der Waals surface area contributed by atoms with Crippen LogP contribution >= 0.6 is 0 Å². The fraction of sp³-hybridized carbons (Fsp3) is 0.364. The molecule has 0 unspecified atom stereocenters. The Balaban J connectivity index is 1.65. The predicted molar refractivity (Wildman–Crippen MR) is 110 cm³/mol. The summed E-state index contributed by atoms with van der Waals surface area (Å²) < 4.78 is 0. The van der Waals surface area contributed by atoms with E-state index < -0.39 is 4.92 Å². The minimum atomic E-state index is -0.460. The molecule has 29 heavy (non-hydrogen) atoms. The van der Waals surface area contributed by atoms with Crippen molar-refractivity contribution in [1.82, 2.24) is 0 Å². The monoisotopic (exact) mass is 393 g/mol. The van der Waals surface area contributed by atoms with Gasteiger partial charge >= 0.3 is 0 Å². The van der Waals surface area contributed by atoms with E-state index in [2.05, 4.69) is 0 Å². The number of carbonyl (C=O) groups excluding carboxylic acids is 2. The lowest BCUT2D eigenvalue weighted by molar-refractivity contribution is -0.384. The fourth-order valence-corrected chi connectivity index (χ4v) is 4.48. The molecule has 1 aliphatic carbocycles. The topological polar surface area (TPSA) is 83.8 Å². The first-order valence-electron chi connectivity index (χ1n) is 9.88. The van der Waals surface area contributed by atoms with Crippen molar-refractivity contribution in [1.29, 1.82) is 0 Å². The van der Waals surface area contributed by atoms with E-state index in [9.17, 15) is 19.7 Å². The minimum Gasteiger partial charge on any atom is -0.365 e. The molecule has 0 radical (unpaired) electrons. The van der Waals surface area contributed by atoms with Crippen LogP contribution in [0, 0.1) is 22.0 Å². The number of amides is 2. The van der Waals surface area contributed by atoms with Gasteiger partial charge in [-0.3, -0.25) is 19.7 Å². The van der Waals surface area contributed by atoms with E-state index in [-0.39, 0.29) is 35.0 Å². The number of nitro benzene ring substituents is 1. The molecule has 1 heterocycles. The Morgan fingerprint density at radius 3 is 2.24 bits per heavy atom. The number of anilines is 2. The molecular formula is C22H23N3O4. The number of fused-ring (bicyclic) bond motifs is 1. The second-order valence-electron chi connectivity index (χ2n) is 7.78. The van der Waals surface area contributed by atoms with Gasteiger partial charge < -0.3 is 4.90 Å². The van der Waals surface area contributed by atoms with E-state index in [0.29, 0.717) is 25.1 Å². The maximum Gasteiger partial charge on any atom is 0.294 e. The molecule has 2 amide bonds. The van der Waals surface area contributed by atoms with Gasteiger partial charge in [0.1, 0.15) is 5.69 Å². The van der Waals surface area contributed by atoms with Gasteiger partial charge in [0, 0.05) is 19.7 Å². The Morgan fingerprint density at radius 1 is 1.03 bits per heavy atom. The van der Waals surface area contributed by atoms with E-state index in [1.54, 1.807) is 24.1 Å². The SMILES string of the molecule is CN(Cc1ccccc1)c1ccc(N2C(=O)[C@H]3CCCC[C@H]3C2=O)cc1[N+](=O)[O-]. The average molecular weight is 393 g/mol. The minimum absolute atomic E-state index is 0.114. The maximum absolute atomic E-state index is 12.8. The van der Waals surface area contributed by atoms with Crippen molar-refractivity contribution in [2.45, 2.75) is 32.2 Å². The van der Waals surface area contributed by atoms with Crippen LogP contribution in [-0.4, -0.2) is 23.8 Å². The number of rotatable bonds is 5. The molecule has 1 saturated carbocycles. The highest BCUT2D eigenvalue weighted by Gasteiger charge is 2.49. The van der Waals surface area contributed by atoms with E-state index in [4.69, 9.17) is 0 Å². The molecule has 7 heteroatoms. The molecule has 2 aromatic carbocycles. The van der Waals surface area contributed by atoms with Crippen LogP contribution in [-0.2, 0) is 16.1 Å². The molecule has 2 atom stereocenters. The second-order valence-corrected chi connectivity index (χ2v) is 7.78. The highest BCUT2D eigenvalue weighted by atomic mass is 16.6. The first-order valence-corrected chi connectivity index (χ1v) is 9.88. The van der Waals surface area contributed by atoms with Gasteiger partial charge in [0.15, 0.2) is 0 Å². The summed E-state index contributed by atoms with van der Waals surface area (Å²) in [5.41, 5.74) is 1.65. The van der Waals surface area contributed by atoms with Crippen molar-refractivity contribution in [3.63, 3.8) is 0 Å². The van der Waals surface area contributed by atoms with Crippen LogP contribution in [0.3, 0.4) is 0 Å². The molecule has 1 saturated heterocycles. The first-order chi connectivity index (χ1) is 14.0. The van der Waals surface area contributed by atoms with E-state index in [1.807, 2.05) is 30.3 Å². The lowest BCUT2D eigenvalue weighted by atomic mass is 9.81. The molecule has 1 aliphatic heterocycles. The molecule has 0 spiro atoms. The molecular weight excluding hydrogens is 370 g/mol. The molecule has 0 N–H and O–H groups in total. The summed E-state index contributed by atoms with van der Waals surface area (Å²) in [5.74, 6) is -1.01. The van der Waals surface area contributed by atoms with Crippen molar-refractivity contribution in [3.8, 4) is 0 Å². The van der Waals surface area contributed by atoms with E-state index in [0.717, 1.165) is 23.3 Å². The van der Waals surface area contributed by atoms with Crippen molar-refractivity contribution in [2.24, 2.45) is 11.8 Å². The summed E-state index contributed by atoms with van der Waals surface area (Å²) in [6.07, 6.45) is 3.31. The number of nitrogens with zero attached hydrogens (tertiary/aromatic N) is 3. The van der Waals surface area contributed by atoms with Gasteiger partial charge in [-0.1, -0.05) is 43.2 Å². The van der Waals surface area contributed by atoms with Crippen molar-refractivity contribution < 1.29 is 14.5 Å². The maximum atomic E-state index is 12.8. The standard InChI is InChI=1S/C22H23N3O4/c1-23(14-15-7-3-2-4-8-15)19-12-11-16(13-20(19)25(28)29)24-21(26)17-9-5-6-10-18(17)22(24)27/h2-4,7-8,11-13,17-18H,5-6,9-10,14H2,1H3/t17-,18+. The van der Waals surface area contributed by atoms with Gasteiger partial charge in [0.25, 0.3) is 5.69 Å². The van der Waals surface area contributed by atoms with Crippen LogP contribution in [0.25, 0.3) is 0 Å². The number of nitro groups is 1. The van der Waals surface area contributed by atoms with Gasteiger partial charge in [0.2, 0.25) is 11.8 Å². The molecule has 2 aliphatic rings. The molecule has 4 rings (SSSR count). The lowest BCUT2D eigenvalue weighted by Gasteiger charge is -2.21. The highest BCUT2D eigenvalue weighted by Crippen LogP contribution is 2.42.